The number of aliphatic hydroxyl groups excluding tert-OH is 1. The highest BCUT2D eigenvalue weighted by Gasteiger charge is 2.32. The van der Waals surface area contributed by atoms with Gasteiger partial charge in [0.15, 0.2) is 0 Å². The third-order valence-electron chi connectivity index (χ3n) is 5.68. The van der Waals surface area contributed by atoms with Crippen molar-refractivity contribution in [1.29, 1.82) is 0 Å². The Morgan fingerprint density at radius 2 is 1.83 bits per heavy atom. The first-order chi connectivity index (χ1) is 13.9. The SMILES string of the molecule is O=C(c1cc(C2CCN(S(=O)(=O)c3ccccc3)CC2)no1)N1CCC[C@H](O)C1. The highest BCUT2D eigenvalue weighted by molar-refractivity contribution is 7.89. The minimum Gasteiger partial charge on any atom is -0.391 e. The molecule has 4 rings (SSSR count). The minimum absolute atomic E-state index is 0.0504. The second-order valence-electron chi connectivity index (χ2n) is 7.65. The van der Waals surface area contributed by atoms with Crippen molar-refractivity contribution in [2.24, 2.45) is 0 Å². The number of benzene rings is 1. The van der Waals surface area contributed by atoms with Crippen LogP contribution in [0.4, 0.5) is 0 Å². The van der Waals surface area contributed by atoms with Gasteiger partial charge in [-0.3, -0.25) is 4.79 Å². The molecule has 1 aromatic heterocycles. The number of hydrogen-bond acceptors (Lipinski definition) is 6. The molecule has 0 radical (unpaired) electrons. The Morgan fingerprint density at radius 3 is 2.52 bits per heavy atom. The molecule has 9 heteroatoms. The molecule has 1 amide bonds. The van der Waals surface area contributed by atoms with Gasteiger partial charge in [-0.15, -0.1) is 0 Å². The Hall–Kier alpha value is -2.23. The summed E-state index contributed by atoms with van der Waals surface area (Å²) in [4.78, 5) is 14.5. The van der Waals surface area contributed by atoms with E-state index in [-0.39, 0.29) is 17.6 Å². The van der Waals surface area contributed by atoms with Crippen LogP contribution in [-0.2, 0) is 10.0 Å². The van der Waals surface area contributed by atoms with Crippen LogP contribution < -0.4 is 0 Å². The third-order valence-corrected chi connectivity index (χ3v) is 7.59. The van der Waals surface area contributed by atoms with Crippen LogP contribution in [0.2, 0.25) is 0 Å². The Bertz CT molecular complexity index is 952. The zero-order valence-corrected chi connectivity index (χ0v) is 16.9. The Balaban J connectivity index is 1.39. The van der Waals surface area contributed by atoms with E-state index in [1.54, 1.807) is 41.3 Å². The molecule has 1 N–H and O–H groups in total. The molecule has 1 aromatic carbocycles. The summed E-state index contributed by atoms with van der Waals surface area (Å²) in [6.45, 7) is 1.71. The Kier molecular flexibility index (Phi) is 5.71. The second-order valence-corrected chi connectivity index (χ2v) is 9.59. The van der Waals surface area contributed by atoms with Gasteiger partial charge in [-0.1, -0.05) is 23.4 Å². The first-order valence-corrected chi connectivity index (χ1v) is 11.4. The van der Waals surface area contributed by atoms with Crippen molar-refractivity contribution in [1.82, 2.24) is 14.4 Å². The first kappa shape index (κ1) is 20.1. The van der Waals surface area contributed by atoms with Crippen LogP contribution in [0.1, 0.15) is 47.8 Å². The fraction of sp³-hybridized carbons (Fsp3) is 0.500. The van der Waals surface area contributed by atoms with E-state index in [0.717, 1.165) is 6.42 Å². The van der Waals surface area contributed by atoms with Gasteiger partial charge < -0.3 is 14.5 Å². The topological polar surface area (TPSA) is 104 Å². The van der Waals surface area contributed by atoms with Gasteiger partial charge in [0.25, 0.3) is 5.91 Å². The number of aliphatic hydroxyl groups is 1. The molecule has 0 aliphatic carbocycles. The summed E-state index contributed by atoms with van der Waals surface area (Å²) in [6, 6.07) is 10.1. The van der Waals surface area contributed by atoms with Gasteiger partial charge in [0.2, 0.25) is 15.8 Å². The van der Waals surface area contributed by atoms with Crippen molar-refractivity contribution in [3.8, 4) is 0 Å². The van der Waals surface area contributed by atoms with Gasteiger partial charge in [-0.2, -0.15) is 4.31 Å². The number of sulfonamides is 1. The highest BCUT2D eigenvalue weighted by Crippen LogP contribution is 2.30. The number of rotatable bonds is 4. The summed E-state index contributed by atoms with van der Waals surface area (Å²) in [5, 5.41) is 13.8. The maximum Gasteiger partial charge on any atom is 0.292 e. The van der Waals surface area contributed by atoms with E-state index >= 15 is 0 Å². The van der Waals surface area contributed by atoms with Crippen molar-refractivity contribution in [3.05, 3.63) is 47.9 Å². The van der Waals surface area contributed by atoms with Gasteiger partial charge in [0, 0.05) is 38.2 Å². The maximum absolute atomic E-state index is 12.7. The molecule has 2 saturated heterocycles. The lowest BCUT2D eigenvalue weighted by Crippen LogP contribution is -2.42. The van der Waals surface area contributed by atoms with Crippen LogP contribution in [0.3, 0.4) is 0 Å². The highest BCUT2D eigenvalue weighted by atomic mass is 32.2. The Labute approximate surface area is 170 Å². The summed E-state index contributed by atoms with van der Waals surface area (Å²) in [6.07, 6.45) is 2.22. The van der Waals surface area contributed by atoms with Crippen LogP contribution in [-0.4, -0.2) is 66.1 Å². The maximum atomic E-state index is 12.7. The number of carbonyl (C=O) groups is 1. The largest absolute Gasteiger partial charge is 0.391 e. The predicted molar refractivity (Wildman–Crippen MR) is 105 cm³/mol. The molecular weight excluding hydrogens is 394 g/mol. The van der Waals surface area contributed by atoms with E-state index in [1.807, 2.05) is 0 Å². The normalized spacial score (nSPS) is 22.0. The number of aromatic nitrogens is 1. The van der Waals surface area contributed by atoms with Gasteiger partial charge in [-0.05, 0) is 37.8 Å². The van der Waals surface area contributed by atoms with E-state index < -0.39 is 16.1 Å². The first-order valence-electron chi connectivity index (χ1n) is 9.94. The molecule has 156 valence electrons. The minimum atomic E-state index is -3.49. The van der Waals surface area contributed by atoms with E-state index in [1.165, 1.54) is 4.31 Å². The lowest BCUT2D eigenvalue weighted by atomic mass is 9.94. The van der Waals surface area contributed by atoms with Crippen molar-refractivity contribution in [2.75, 3.05) is 26.2 Å². The zero-order chi connectivity index (χ0) is 20.4. The molecule has 0 saturated carbocycles. The fourth-order valence-electron chi connectivity index (χ4n) is 4.01. The van der Waals surface area contributed by atoms with E-state index in [4.69, 9.17) is 4.52 Å². The third kappa shape index (κ3) is 4.22. The average molecular weight is 420 g/mol. The smallest absolute Gasteiger partial charge is 0.292 e. The van der Waals surface area contributed by atoms with Crippen molar-refractivity contribution < 1.29 is 22.8 Å². The van der Waals surface area contributed by atoms with Crippen LogP contribution >= 0.6 is 0 Å². The van der Waals surface area contributed by atoms with Crippen LogP contribution in [0.25, 0.3) is 0 Å². The van der Waals surface area contributed by atoms with Gasteiger partial charge >= 0.3 is 0 Å². The molecule has 3 heterocycles. The number of amides is 1. The summed E-state index contributed by atoms with van der Waals surface area (Å²) >= 11 is 0. The second kappa shape index (κ2) is 8.25. The van der Waals surface area contributed by atoms with E-state index in [9.17, 15) is 18.3 Å². The summed E-state index contributed by atoms with van der Waals surface area (Å²) in [7, 11) is -3.49. The lowest BCUT2D eigenvalue weighted by molar-refractivity contribution is 0.0441. The molecule has 2 fully saturated rings. The standard InChI is InChI=1S/C20H25N3O5S/c24-16-5-4-10-22(14-16)20(25)19-13-18(21-28-19)15-8-11-23(12-9-15)29(26,27)17-6-2-1-3-7-17/h1-3,6-7,13,15-16,24H,4-5,8-12,14H2/t16-/m0/s1. The lowest BCUT2D eigenvalue weighted by Gasteiger charge is -2.30. The van der Waals surface area contributed by atoms with Crippen molar-refractivity contribution in [2.45, 2.75) is 42.6 Å². The molecule has 0 bridgehead atoms. The van der Waals surface area contributed by atoms with Crippen LogP contribution in [0.5, 0.6) is 0 Å². The molecular formula is C20H25N3O5S. The summed E-state index contributed by atoms with van der Waals surface area (Å²) in [5.74, 6) is -0.0329. The van der Waals surface area contributed by atoms with Gasteiger partial charge in [0.05, 0.1) is 16.7 Å². The van der Waals surface area contributed by atoms with Gasteiger partial charge in [-0.25, -0.2) is 8.42 Å². The van der Waals surface area contributed by atoms with Crippen LogP contribution in [0.15, 0.2) is 45.8 Å². The predicted octanol–water partition coefficient (Wildman–Crippen LogP) is 1.84. The number of β-amino-alcohol motifs (C(OH)–C–C–N with tert-alkyl or cyclic N) is 1. The van der Waals surface area contributed by atoms with Crippen molar-refractivity contribution >= 4 is 15.9 Å². The molecule has 29 heavy (non-hydrogen) atoms. The monoisotopic (exact) mass is 419 g/mol. The number of carbonyl (C=O) groups excluding carboxylic acids is 1. The summed E-state index contributed by atoms with van der Waals surface area (Å²) < 4.78 is 32.3. The van der Waals surface area contributed by atoms with Crippen LogP contribution in [0, 0.1) is 0 Å². The molecule has 2 aliphatic heterocycles. The van der Waals surface area contributed by atoms with E-state index in [2.05, 4.69) is 5.16 Å². The Morgan fingerprint density at radius 1 is 1.10 bits per heavy atom. The number of nitrogens with zero attached hydrogens (tertiary/aromatic N) is 3. The molecule has 1 atom stereocenters. The molecule has 2 aliphatic rings. The number of piperidine rings is 2. The fourth-order valence-corrected chi connectivity index (χ4v) is 5.50. The molecule has 2 aromatic rings. The zero-order valence-electron chi connectivity index (χ0n) is 16.1. The quantitative estimate of drug-likeness (QED) is 0.811. The molecule has 0 spiro atoms. The van der Waals surface area contributed by atoms with Gasteiger partial charge in [0.1, 0.15) is 0 Å². The van der Waals surface area contributed by atoms with E-state index in [0.29, 0.717) is 56.0 Å². The molecule has 8 nitrogen and oxygen atoms in total. The summed E-state index contributed by atoms with van der Waals surface area (Å²) in [5.41, 5.74) is 0.683. The average Bonchev–Trinajstić information content (AvgIpc) is 3.24. The number of likely N-dealkylation sites (tertiary alicyclic amines) is 1. The molecule has 0 unspecified atom stereocenters. The number of hydrogen-bond donors (Lipinski definition) is 1. The van der Waals surface area contributed by atoms with Crippen molar-refractivity contribution in [3.63, 3.8) is 0 Å².